The minimum Gasteiger partial charge on any atom is -0.349 e. The van der Waals surface area contributed by atoms with Gasteiger partial charge in [0.05, 0.1) is 16.2 Å². The van der Waals surface area contributed by atoms with E-state index in [0.29, 0.717) is 5.56 Å². The van der Waals surface area contributed by atoms with Gasteiger partial charge in [-0.2, -0.15) is 5.26 Å². The molecule has 0 aliphatic rings. The van der Waals surface area contributed by atoms with Crippen LogP contribution in [0.5, 0.6) is 0 Å². The van der Waals surface area contributed by atoms with Gasteiger partial charge in [0, 0.05) is 10.9 Å². The molecule has 58 valence electrons. The fraction of sp³-hybridized carbons (Fsp3) is 0. The Balaban J connectivity index is 2.77. The van der Waals surface area contributed by atoms with Crippen LogP contribution in [0.1, 0.15) is 5.56 Å². The molecule has 0 saturated carbocycles. The monoisotopic (exact) mass is 220 g/mol. The Morgan fingerprint density at radius 1 is 1.33 bits per heavy atom. The smallest absolute Gasteiger partial charge is 0.0991 e. The molecule has 0 fully saturated rings. The minimum atomic E-state index is 0.689. The van der Waals surface area contributed by atoms with Gasteiger partial charge in [0.2, 0.25) is 0 Å². The number of nitriles is 1. The first-order chi connectivity index (χ1) is 5.79. The van der Waals surface area contributed by atoms with Crippen molar-refractivity contribution in [2.24, 2.45) is 0 Å². The maximum atomic E-state index is 8.63. The second kappa shape index (κ2) is 2.65. The molecule has 1 aromatic heterocycles. The molecule has 0 radical (unpaired) electrons. The fourth-order valence-electron chi connectivity index (χ4n) is 1.17. The lowest BCUT2D eigenvalue weighted by Crippen LogP contribution is -1.72. The quantitative estimate of drug-likeness (QED) is 0.729. The normalized spacial score (nSPS) is 10.0. The van der Waals surface area contributed by atoms with Gasteiger partial charge >= 0.3 is 0 Å². The maximum absolute atomic E-state index is 8.63. The Labute approximate surface area is 77.9 Å². The second-order valence-corrected chi connectivity index (χ2v) is 3.39. The Hall–Kier alpha value is -1.27. The zero-order valence-corrected chi connectivity index (χ0v) is 7.72. The molecule has 2 aromatic rings. The molecule has 0 aliphatic carbocycles. The lowest BCUT2D eigenvalue weighted by molar-refractivity contribution is 1.41. The van der Waals surface area contributed by atoms with Crippen molar-refractivity contribution in [1.29, 1.82) is 5.26 Å². The van der Waals surface area contributed by atoms with Crippen LogP contribution in [-0.4, -0.2) is 4.98 Å². The highest BCUT2D eigenvalue weighted by Gasteiger charge is 1.98. The zero-order valence-electron chi connectivity index (χ0n) is 6.13. The van der Waals surface area contributed by atoms with Crippen molar-refractivity contribution >= 4 is 26.8 Å². The molecule has 0 saturated heterocycles. The Morgan fingerprint density at radius 2 is 2.17 bits per heavy atom. The fourth-order valence-corrected chi connectivity index (χ4v) is 1.63. The van der Waals surface area contributed by atoms with Gasteiger partial charge < -0.3 is 4.98 Å². The lowest BCUT2D eigenvalue weighted by atomic mass is 10.2. The highest BCUT2D eigenvalue weighted by molar-refractivity contribution is 9.10. The Bertz CT molecular complexity index is 465. The van der Waals surface area contributed by atoms with Crippen molar-refractivity contribution in [2.45, 2.75) is 0 Å². The van der Waals surface area contributed by atoms with Gasteiger partial charge in [-0.1, -0.05) is 0 Å². The molecular formula is C9H5BrN2. The third-order valence-electron chi connectivity index (χ3n) is 1.72. The molecule has 0 amide bonds. The molecule has 2 nitrogen and oxygen atoms in total. The van der Waals surface area contributed by atoms with Gasteiger partial charge in [-0.3, -0.25) is 0 Å². The lowest BCUT2D eigenvalue weighted by Gasteiger charge is -1.88. The molecule has 0 aliphatic heterocycles. The van der Waals surface area contributed by atoms with Crippen LogP contribution in [-0.2, 0) is 0 Å². The first-order valence-corrected chi connectivity index (χ1v) is 4.27. The van der Waals surface area contributed by atoms with Crippen molar-refractivity contribution in [3.8, 4) is 6.07 Å². The molecule has 0 spiro atoms. The van der Waals surface area contributed by atoms with Crippen LogP contribution in [0.15, 0.2) is 28.9 Å². The van der Waals surface area contributed by atoms with E-state index in [-0.39, 0.29) is 0 Å². The summed E-state index contributed by atoms with van der Waals surface area (Å²) in [5.74, 6) is 0. The van der Waals surface area contributed by atoms with Crippen LogP contribution >= 0.6 is 15.9 Å². The number of halogens is 1. The van der Waals surface area contributed by atoms with E-state index in [2.05, 4.69) is 27.0 Å². The average molecular weight is 221 g/mol. The predicted octanol–water partition coefficient (Wildman–Crippen LogP) is 2.80. The van der Waals surface area contributed by atoms with E-state index >= 15 is 0 Å². The summed E-state index contributed by atoms with van der Waals surface area (Å²) >= 11 is 3.33. The summed E-state index contributed by atoms with van der Waals surface area (Å²) in [4.78, 5) is 3.12. The molecule has 0 unspecified atom stereocenters. The third-order valence-corrected chi connectivity index (χ3v) is 2.14. The molecule has 0 atom stereocenters. The Morgan fingerprint density at radius 3 is 2.92 bits per heavy atom. The van der Waals surface area contributed by atoms with Crippen LogP contribution in [0.25, 0.3) is 10.9 Å². The average Bonchev–Trinajstić information content (AvgIpc) is 2.43. The predicted molar refractivity (Wildman–Crippen MR) is 50.7 cm³/mol. The third kappa shape index (κ3) is 1.10. The van der Waals surface area contributed by atoms with Crippen LogP contribution in [0.4, 0.5) is 0 Å². The van der Waals surface area contributed by atoms with Crippen LogP contribution in [0.3, 0.4) is 0 Å². The Kier molecular flexibility index (Phi) is 1.63. The van der Waals surface area contributed by atoms with Crippen molar-refractivity contribution < 1.29 is 0 Å². The number of hydrogen-bond acceptors (Lipinski definition) is 1. The van der Waals surface area contributed by atoms with E-state index in [9.17, 15) is 0 Å². The van der Waals surface area contributed by atoms with Crippen molar-refractivity contribution in [2.75, 3.05) is 0 Å². The highest BCUT2D eigenvalue weighted by Crippen LogP contribution is 2.19. The zero-order chi connectivity index (χ0) is 8.55. The highest BCUT2D eigenvalue weighted by atomic mass is 79.9. The first-order valence-electron chi connectivity index (χ1n) is 3.48. The maximum Gasteiger partial charge on any atom is 0.0991 e. The summed E-state index contributed by atoms with van der Waals surface area (Å²) in [6.07, 6.45) is 0. The largest absolute Gasteiger partial charge is 0.349 e. The van der Waals surface area contributed by atoms with Crippen molar-refractivity contribution in [3.05, 3.63) is 34.4 Å². The number of nitrogens with one attached hydrogen (secondary N) is 1. The minimum absolute atomic E-state index is 0.689. The van der Waals surface area contributed by atoms with E-state index in [4.69, 9.17) is 5.26 Å². The van der Waals surface area contributed by atoms with E-state index in [0.717, 1.165) is 15.5 Å². The molecule has 1 heterocycles. The molecular weight excluding hydrogens is 216 g/mol. The first kappa shape index (κ1) is 7.38. The van der Waals surface area contributed by atoms with Gasteiger partial charge in [-0.15, -0.1) is 0 Å². The summed E-state index contributed by atoms with van der Waals surface area (Å²) < 4.78 is 0.938. The number of nitrogens with zero attached hydrogens (tertiary/aromatic N) is 1. The van der Waals surface area contributed by atoms with Gasteiger partial charge in [-0.05, 0) is 40.2 Å². The number of aromatic amines is 1. The molecule has 1 N–H and O–H groups in total. The number of rotatable bonds is 0. The van der Waals surface area contributed by atoms with E-state index in [1.54, 1.807) is 6.07 Å². The van der Waals surface area contributed by atoms with E-state index in [1.165, 1.54) is 0 Å². The summed E-state index contributed by atoms with van der Waals surface area (Å²) in [6.45, 7) is 0. The van der Waals surface area contributed by atoms with Gasteiger partial charge in [-0.25, -0.2) is 0 Å². The molecule has 12 heavy (non-hydrogen) atoms. The van der Waals surface area contributed by atoms with Gasteiger partial charge in [0.1, 0.15) is 0 Å². The van der Waals surface area contributed by atoms with E-state index < -0.39 is 0 Å². The summed E-state index contributed by atoms with van der Waals surface area (Å²) in [5, 5.41) is 9.69. The number of H-pyrrole nitrogens is 1. The summed E-state index contributed by atoms with van der Waals surface area (Å²) in [5.41, 5.74) is 1.73. The van der Waals surface area contributed by atoms with E-state index in [1.807, 2.05) is 18.2 Å². The molecule has 2 rings (SSSR count). The molecule has 1 aromatic carbocycles. The number of hydrogen-bond donors (Lipinski definition) is 1. The summed E-state index contributed by atoms with van der Waals surface area (Å²) in [7, 11) is 0. The second-order valence-electron chi connectivity index (χ2n) is 2.53. The van der Waals surface area contributed by atoms with Gasteiger partial charge in [0.25, 0.3) is 0 Å². The SMILES string of the molecule is N#Cc1ccc2[nH]c(Br)cc2c1. The standard InChI is InChI=1S/C9H5BrN2/c10-9-4-7-3-6(5-11)1-2-8(7)12-9/h1-4,12H. The topological polar surface area (TPSA) is 39.6 Å². The van der Waals surface area contributed by atoms with Crippen LogP contribution in [0, 0.1) is 11.3 Å². The molecule has 3 heteroatoms. The number of benzene rings is 1. The molecule has 0 bridgehead atoms. The summed E-state index contributed by atoms with van der Waals surface area (Å²) in [6, 6.07) is 9.61. The van der Waals surface area contributed by atoms with Crippen molar-refractivity contribution in [3.63, 3.8) is 0 Å². The number of fused-ring (bicyclic) bond motifs is 1. The number of aromatic nitrogens is 1. The van der Waals surface area contributed by atoms with Crippen LogP contribution < -0.4 is 0 Å². The van der Waals surface area contributed by atoms with Gasteiger partial charge in [0.15, 0.2) is 0 Å². The van der Waals surface area contributed by atoms with Crippen molar-refractivity contribution in [1.82, 2.24) is 4.98 Å². The van der Waals surface area contributed by atoms with Crippen LogP contribution in [0.2, 0.25) is 0 Å².